The Hall–Kier alpha value is -0.870. The van der Waals surface area contributed by atoms with Crippen molar-refractivity contribution >= 4 is 0 Å². The van der Waals surface area contributed by atoms with Crippen molar-refractivity contribution in [3.8, 4) is 0 Å². The first-order chi connectivity index (χ1) is 8.69. The highest BCUT2D eigenvalue weighted by atomic mass is 15.3. The number of hydrogen-bond donors (Lipinski definition) is 2. The predicted octanol–water partition coefficient (Wildman–Crippen LogP) is 2.42. The summed E-state index contributed by atoms with van der Waals surface area (Å²) in [5, 5.41) is 4.71. The molecular formula is C14H26N4. The van der Waals surface area contributed by atoms with Crippen LogP contribution in [0.2, 0.25) is 0 Å². The van der Waals surface area contributed by atoms with E-state index in [9.17, 15) is 0 Å². The highest BCUT2D eigenvalue weighted by Gasteiger charge is 2.18. The van der Waals surface area contributed by atoms with Crippen LogP contribution in [0, 0.1) is 5.92 Å². The van der Waals surface area contributed by atoms with E-state index in [1.54, 1.807) is 0 Å². The van der Waals surface area contributed by atoms with Crippen molar-refractivity contribution in [2.45, 2.75) is 64.5 Å². The molecule has 1 aliphatic carbocycles. The van der Waals surface area contributed by atoms with Gasteiger partial charge in [0.1, 0.15) is 0 Å². The van der Waals surface area contributed by atoms with Crippen LogP contribution in [0.15, 0.2) is 12.3 Å². The molecule has 102 valence electrons. The highest BCUT2D eigenvalue weighted by molar-refractivity contribution is 5.02. The van der Waals surface area contributed by atoms with E-state index in [1.165, 1.54) is 25.7 Å². The summed E-state index contributed by atoms with van der Waals surface area (Å²) in [5.41, 5.74) is 4.07. The molecule has 3 N–H and O–H groups in total. The SMILES string of the molecule is CC(C)CC(Cc1ccn(C2CCCC2)n1)NN. The lowest BCUT2D eigenvalue weighted by atomic mass is 10.0. The summed E-state index contributed by atoms with van der Waals surface area (Å²) in [6, 6.07) is 3.10. The molecule has 1 saturated carbocycles. The first-order valence-electron chi connectivity index (χ1n) is 7.19. The summed E-state index contributed by atoms with van der Waals surface area (Å²) in [4.78, 5) is 0. The Morgan fingerprint density at radius 2 is 2.17 bits per heavy atom. The maximum atomic E-state index is 5.61. The van der Waals surface area contributed by atoms with E-state index < -0.39 is 0 Å². The molecule has 1 aromatic rings. The standard InChI is InChI=1S/C14H26N4/c1-11(2)9-13(16-15)10-12-7-8-18(17-12)14-5-3-4-6-14/h7-8,11,13-14,16H,3-6,9-10,15H2,1-2H3. The van der Waals surface area contributed by atoms with Crippen LogP contribution in [0.3, 0.4) is 0 Å². The van der Waals surface area contributed by atoms with Crippen LogP contribution < -0.4 is 11.3 Å². The van der Waals surface area contributed by atoms with Crippen molar-refractivity contribution < 1.29 is 0 Å². The van der Waals surface area contributed by atoms with Crippen LogP contribution in [-0.4, -0.2) is 15.8 Å². The molecule has 0 aliphatic heterocycles. The van der Waals surface area contributed by atoms with E-state index in [4.69, 9.17) is 10.9 Å². The van der Waals surface area contributed by atoms with Crippen LogP contribution in [0.5, 0.6) is 0 Å². The summed E-state index contributed by atoms with van der Waals surface area (Å²) < 4.78 is 2.16. The second kappa shape index (κ2) is 6.34. The third-order valence-electron chi connectivity index (χ3n) is 3.81. The maximum absolute atomic E-state index is 5.61. The largest absolute Gasteiger partial charge is 0.271 e. The van der Waals surface area contributed by atoms with Crippen LogP contribution in [0.4, 0.5) is 0 Å². The fraction of sp³-hybridized carbons (Fsp3) is 0.786. The van der Waals surface area contributed by atoms with E-state index in [1.807, 2.05) is 0 Å². The molecule has 1 aromatic heterocycles. The number of hydrogen-bond acceptors (Lipinski definition) is 3. The van der Waals surface area contributed by atoms with Crippen molar-refractivity contribution in [2.75, 3.05) is 0 Å². The summed E-state index contributed by atoms with van der Waals surface area (Å²) in [7, 11) is 0. The molecule has 0 aromatic carbocycles. The Morgan fingerprint density at radius 3 is 2.78 bits per heavy atom. The van der Waals surface area contributed by atoms with Gasteiger partial charge in [-0.25, -0.2) is 0 Å². The maximum Gasteiger partial charge on any atom is 0.0640 e. The van der Waals surface area contributed by atoms with Crippen LogP contribution >= 0.6 is 0 Å². The van der Waals surface area contributed by atoms with E-state index >= 15 is 0 Å². The van der Waals surface area contributed by atoms with Gasteiger partial charge in [-0.15, -0.1) is 0 Å². The summed E-state index contributed by atoms with van der Waals surface area (Å²) in [6.07, 6.45) is 9.41. The average Bonchev–Trinajstić information content (AvgIpc) is 2.97. The summed E-state index contributed by atoms with van der Waals surface area (Å²) >= 11 is 0. The van der Waals surface area contributed by atoms with Gasteiger partial charge in [0.25, 0.3) is 0 Å². The van der Waals surface area contributed by atoms with Gasteiger partial charge < -0.3 is 0 Å². The van der Waals surface area contributed by atoms with Gasteiger partial charge in [-0.3, -0.25) is 16.0 Å². The Bertz CT molecular complexity index is 352. The van der Waals surface area contributed by atoms with Gasteiger partial charge in [-0.2, -0.15) is 5.10 Å². The normalized spacial score (nSPS) is 18.7. The minimum atomic E-state index is 0.330. The highest BCUT2D eigenvalue weighted by Crippen LogP contribution is 2.28. The van der Waals surface area contributed by atoms with E-state index in [-0.39, 0.29) is 0 Å². The molecule has 0 saturated heterocycles. The third kappa shape index (κ3) is 3.56. The topological polar surface area (TPSA) is 55.9 Å². The quantitative estimate of drug-likeness (QED) is 0.602. The first kappa shape index (κ1) is 13.6. The second-order valence-electron chi connectivity index (χ2n) is 5.92. The lowest BCUT2D eigenvalue weighted by Crippen LogP contribution is -2.37. The van der Waals surface area contributed by atoms with Gasteiger partial charge in [0, 0.05) is 18.7 Å². The molecule has 0 radical (unpaired) electrons. The number of nitrogens with one attached hydrogen (secondary N) is 1. The third-order valence-corrected chi connectivity index (χ3v) is 3.81. The zero-order valence-corrected chi connectivity index (χ0v) is 11.6. The van der Waals surface area contributed by atoms with Crippen LogP contribution in [0.1, 0.15) is 57.7 Å². The molecule has 0 amide bonds. The summed E-state index contributed by atoms with van der Waals surface area (Å²) in [5.74, 6) is 6.27. The Balaban J connectivity index is 1.92. The van der Waals surface area contributed by atoms with E-state index in [2.05, 4.69) is 36.2 Å². The molecule has 4 heteroatoms. The zero-order valence-electron chi connectivity index (χ0n) is 11.6. The zero-order chi connectivity index (χ0) is 13.0. The molecule has 1 heterocycles. The van der Waals surface area contributed by atoms with Crippen LogP contribution in [-0.2, 0) is 6.42 Å². The fourth-order valence-corrected chi connectivity index (χ4v) is 2.89. The smallest absolute Gasteiger partial charge is 0.0640 e. The fourth-order valence-electron chi connectivity index (χ4n) is 2.89. The lowest BCUT2D eigenvalue weighted by Gasteiger charge is -2.16. The number of nitrogens with zero attached hydrogens (tertiary/aromatic N) is 2. The molecule has 1 atom stereocenters. The second-order valence-corrected chi connectivity index (χ2v) is 5.92. The number of rotatable bonds is 6. The van der Waals surface area contributed by atoms with Crippen molar-refractivity contribution in [3.05, 3.63) is 18.0 Å². The molecular weight excluding hydrogens is 224 g/mol. The van der Waals surface area contributed by atoms with Gasteiger partial charge in [-0.05, 0) is 31.2 Å². The Kier molecular flexibility index (Phi) is 4.78. The van der Waals surface area contributed by atoms with Gasteiger partial charge in [0.05, 0.1) is 11.7 Å². The van der Waals surface area contributed by atoms with Crippen LogP contribution in [0.25, 0.3) is 0 Å². The first-order valence-corrected chi connectivity index (χ1v) is 7.19. The Labute approximate surface area is 110 Å². The number of nitrogens with two attached hydrogens (primary N) is 1. The van der Waals surface area contributed by atoms with Crippen molar-refractivity contribution in [1.82, 2.24) is 15.2 Å². The molecule has 1 aliphatic rings. The molecule has 2 rings (SSSR count). The van der Waals surface area contributed by atoms with Gasteiger partial charge in [0.15, 0.2) is 0 Å². The number of hydrazine groups is 1. The van der Waals surface area contributed by atoms with Crippen molar-refractivity contribution in [3.63, 3.8) is 0 Å². The van der Waals surface area contributed by atoms with Gasteiger partial charge in [-0.1, -0.05) is 26.7 Å². The summed E-state index contributed by atoms with van der Waals surface area (Å²) in [6.45, 7) is 4.45. The van der Waals surface area contributed by atoms with Crippen molar-refractivity contribution in [1.29, 1.82) is 0 Å². The van der Waals surface area contributed by atoms with Gasteiger partial charge in [0.2, 0.25) is 0 Å². The molecule has 1 unspecified atom stereocenters. The number of aromatic nitrogens is 2. The van der Waals surface area contributed by atoms with E-state index in [0.29, 0.717) is 18.0 Å². The average molecular weight is 250 g/mol. The predicted molar refractivity (Wildman–Crippen MR) is 74.0 cm³/mol. The van der Waals surface area contributed by atoms with Gasteiger partial charge >= 0.3 is 0 Å². The monoisotopic (exact) mass is 250 g/mol. The molecule has 0 spiro atoms. The molecule has 4 nitrogen and oxygen atoms in total. The Morgan fingerprint density at radius 1 is 1.44 bits per heavy atom. The van der Waals surface area contributed by atoms with Crippen molar-refractivity contribution in [2.24, 2.45) is 11.8 Å². The molecule has 0 bridgehead atoms. The molecule has 1 fully saturated rings. The van der Waals surface area contributed by atoms with E-state index in [0.717, 1.165) is 18.5 Å². The lowest BCUT2D eigenvalue weighted by molar-refractivity contribution is 0.413. The molecule has 18 heavy (non-hydrogen) atoms. The minimum absolute atomic E-state index is 0.330. The minimum Gasteiger partial charge on any atom is -0.271 e.